The van der Waals surface area contributed by atoms with Crippen LogP contribution < -0.4 is 15.8 Å². The summed E-state index contributed by atoms with van der Waals surface area (Å²) in [6.07, 6.45) is 15.3. The van der Waals surface area contributed by atoms with E-state index in [0.29, 0.717) is 66.4 Å². The summed E-state index contributed by atoms with van der Waals surface area (Å²) in [6.45, 7) is 31.7. The van der Waals surface area contributed by atoms with Gasteiger partial charge >= 0.3 is 0 Å². The molecule has 4 N–H and O–H groups in total. The Balaban J connectivity index is 0.000000372. The van der Waals surface area contributed by atoms with Crippen LogP contribution in [-0.4, -0.2) is 77.7 Å². The Morgan fingerprint density at radius 2 is 1.46 bits per heavy atom. The number of phenols is 1. The number of ketones is 1. The average molecular weight is 1070 g/mol. The van der Waals surface area contributed by atoms with Crippen molar-refractivity contribution in [2.75, 3.05) is 33.3 Å². The van der Waals surface area contributed by atoms with Crippen LogP contribution in [0.15, 0.2) is 84.9 Å². The van der Waals surface area contributed by atoms with Crippen LogP contribution in [0.5, 0.6) is 11.5 Å². The molecule has 0 spiro atoms. The lowest BCUT2D eigenvalue weighted by Gasteiger charge is -2.34. The van der Waals surface area contributed by atoms with Gasteiger partial charge in [-0.05, 0) is 173 Å². The minimum Gasteiger partial charge on any atom is -0.508 e. The van der Waals surface area contributed by atoms with E-state index >= 15 is 0 Å². The molecule has 432 valence electrons. The number of hydrogen-bond donors (Lipinski definition) is 3. The summed E-state index contributed by atoms with van der Waals surface area (Å²) in [5.74, 6) is 3.05. The van der Waals surface area contributed by atoms with Gasteiger partial charge in [0.15, 0.2) is 0 Å². The monoisotopic (exact) mass is 1070 g/mol. The predicted molar refractivity (Wildman–Crippen MR) is 324 cm³/mol. The second kappa shape index (κ2) is 34.6. The van der Waals surface area contributed by atoms with E-state index < -0.39 is 6.04 Å². The number of ether oxygens (including phenoxy) is 1. The van der Waals surface area contributed by atoms with Crippen LogP contribution in [0.1, 0.15) is 221 Å². The highest BCUT2D eigenvalue weighted by atomic mass is 16.5. The summed E-state index contributed by atoms with van der Waals surface area (Å²) in [5, 5.41) is 12.2. The van der Waals surface area contributed by atoms with Gasteiger partial charge in [0, 0.05) is 49.9 Å². The topological polar surface area (TPSA) is 142 Å². The number of nitrogens with one attached hydrogen (secondary N) is 1. The van der Waals surface area contributed by atoms with Crippen molar-refractivity contribution in [2.45, 2.75) is 204 Å². The highest BCUT2D eigenvalue weighted by molar-refractivity contribution is 6.05. The van der Waals surface area contributed by atoms with Crippen molar-refractivity contribution >= 4 is 23.5 Å². The average Bonchev–Trinajstić information content (AvgIpc) is 4.03. The van der Waals surface area contributed by atoms with E-state index in [1.54, 1.807) is 11.8 Å². The number of fused-ring (bicyclic) bond motifs is 2. The Morgan fingerprint density at radius 3 is 2.04 bits per heavy atom. The maximum atomic E-state index is 13.3. The smallest absolute Gasteiger partial charge is 0.255 e. The van der Waals surface area contributed by atoms with Crippen molar-refractivity contribution in [1.29, 1.82) is 0 Å². The van der Waals surface area contributed by atoms with E-state index in [2.05, 4.69) is 132 Å². The first-order chi connectivity index (χ1) is 37.5. The van der Waals surface area contributed by atoms with E-state index in [0.717, 1.165) is 55.1 Å². The molecule has 78 heavy (non-hydrogen) atoms. The van der Waals surface area contributed by atoms with Crippen LogP contribution in [0.4, 0.5) is 0 Å². The highest BCUT2D eigenvalue weighted by Gasteiger charge is 2.41. The van der Waals surface area contributed by atoms with E-state index in [1.165, 1.54) is 92.8 Å². The number of amides is 3. The number of carbonyl (C=O) groups excluding carboxylic acids is 4. The van der Waals surface area contributed by atoms with Crippen molar-refractivity contribution in [3.63, 3.8) is 0 Å². The number of piperidine rings is 1. The minimum atomic E-state index is -0.601. The number of benzene rings is 4. The van der Waals surface area contributed by atoms with Crippen molar-refractivity contribution < 1.29 is 29.0 Å². The van der Waals surface area contributed by atoms with E-state index in [1.807, 2.05) is 52.0 Å². The second-order valence-electron chi connectivity index (χ2n) is 22.4. The van der Waals surface area contributed by atoms with Crippen LogP contribution >= 0.6 is 0 Å². The minimum absolute atomic E-state index is 0.155. The predicted octanol–water partition coefficient (Wildman–Crippen LogP) is 15.1. The van der Waals surface area contributed by atoms with Crippen molar-refractivity contribution in [3.05, 3.63) is 129 Å². The number of aryl methyl sites for hydroxylation is 3. The van der Waals surface area contributed by atoms with Crippen molar-refractivity contribution in [2.24, 2.45) is 28.9 Å². The Kier molecular flexibility index (Phi) is 29.7. The summed E-state index contributed by atoms with van der Waals surface area (Å²) in [7, 11) is 1.50. The molecule has 8 rings (SSSR count). The normalized spacial score (nSPS) is 19.1. The molecular weight excluding hydrogens is 969 g/mol. The molecule has 2 aliphatic heterocycles. The third-order valence-electron chi connectivity index (χ3n) is 15.9. The Hall–Kier alpha value is -5.32. The van der Waals surface area contributed by atoms with Gasteiger partial charge < -0.3 is 30.2 Å². The molecule has 5 unspecified atom stereocenters. The second-order valence-corrected chi connectivity index (χ2v) is 22.4. The van der Waals surface area contributed by atoms with Gasteiger partial charge in [-0.2, -0.15) is 0 Å². The molecule has 4 aromatic rings. The first-order valence-electron chi connectivity index (χ1n) is 30.1. The lowest BCUT2D eigenvalue weighted by atomic mass is 9.69. The summed E-state index contributed by atoms with van der Waals surface area (Å²) in [6, 6.07) is 29.0. The molecule has 10 nitrogen and oxygen atoms in total. The van der Waals surface area contributed by atoms with Crippen molar-refractivity contribution in [1.82, 2.24) is 15.1 Å². The van der Waals surface area contributed by atoms with Crippen molar-refractivity contribution in [3.8, 4) is 11.5 Å². The fraction of sp³-hybridized carbons (Fsp3) is 0.588. The molecule has 0 bridgehead atoms. The van der Waals surface area contributed by atoms with Gasteiger partial charge in [-0.15, -0.1) is 0 Å². The number of carbonyl (C=O) groups is 4. The Labute approximate surface area is 473 Å². The Morgan fingerprint density at radius 1 is 0.821 bits per heavy atom. The van der Waals surface area contributed by atoms with Gasteiger partial charge in [-0.3, -0.25) is 19.7 Å². The van der Waals surface area contributed by atoms with Crippen LogP contribution in [0, 0.1) is 37.0 Å². The van der Waals surface area contributed by atoms with Gasteiger partial charge in [0.2, 0.25) is 11.8 Å². The zero-order valence-electron chi connectivity index (χ0n) is 50.9. The maximum absolute atomic E-state index is 13.3. The number of Topliss-reactive ketones (excluding diaryl/α,β-unsaturated/α-hetero) is 1. The molecule has 4 aliphatic rings. The van der Waals surface area contributed by atoms with Gasteiger partial charge in [0.1, 0.15) is 23.3 Å². The molecule has 0 radical (unpaired) electrons. The van der Waals surface area contributed by atoms with Crippen LogP contribution in [0.25, 0.3) is 0 Å². The number of nitrogens with two attached hydrogens (primary N) is 1. The van der Waals surface area contributed by atoms with Gasteiger partial charge in [-0.25, -0.2) is 0 Å². The van der Waals surface area contributed by atoms with Gasteiger partial charge in [-0.1, -0.05) is 155 Å². The summed E-state index contributed by atoms with van der Waals surface area (Å²) in [5.41, 5.74) is 14.3. The summed E-state index contributed by atoms with van der Waals surface area (Å²) < 4.78 is 6.47. The SMILES string of the molecule is CC.CCC.CCC(C)=O.CCCN(CC1CCC(CCC)(CCC)C1)CC(COc1cc2c(cc1C)CN(C1CCC(=O)NC1=O)C2=O)C(C)C.CN.Cc1ccc(C2c3ccc(O)cc3CCC2c2ccccc2)cc1. The third-order valence-corrected chi connectivity index (χ3v) is 15.9. The summed E-state index contributed by atoms with van der Waals surface area (Å²) >= 11 is 0. The lowest BCUT2D eigenvalue weighted by molar-refractivity contribution is -0.137. The molecule has 4 aromatic carbocycles. The van der Waals surface area contributed by atoms with Gasteiger partial charge in [0.05, 0.1) is 6.61 Å². The molecule has 3 amide bonds. The van der Waals surface area contributed by atoms with E-state index in [9.17, 15) is 24.3 Å². The number of rotatable bonds is 18. The Bertz CT molecular complexity index is 2410. The molecular formula is C68H104N4O6. The first-order valence-corrected chi connectivity index (χ1v) is 30.1. The molecule has 2 fully saturated rings. The molecule has 2 aliphatic carbocycles. The number of phenolic OH excluding ortho intramolecular Hbond substituents is 1. The zero-order chi connectivity index (χ0) is 58.0. The first kappa shape index (κ1) is 67.0. The third kappa shape index (κ3) is 19.5. The van der Waals surface area contributed by atoms with Crippen LogP contribution in [0.3, 0.4) is 0 Å². The number of imide groups is 1. The van der Waals surface area contributed by atoms with Crippen LogP contribution in [-0.2, 0) is 27.3 Å². The largest absolute Gasteiger partial charge is 0.508 e. The molecule has 0 aromatic heterocycles. The quantitative estimate of drug-likeness (QED) is 0.0836. The zero-order valence-corrected chi connectivity index (χ0v) is 50.9. The number of nitrogens with zero attached hydrogens (tertiary/aromatic N) is 2. The highest BCUT2D eigenvalue weighted by Crippen LogP contribution is 2.49. The van der Waals surface area contributed by atoms with E-state index in [4.69, 9.17) is 4.74 Å². The standard InChI is InChI=1S/C35H55N3O4.C23H22O.C4H8O.C3H8.C2H6.CH5N/c1-7-13-35(14-8-2)15-12-26(19-35)20-37(16-9-3)21-28(24(4)5)23-42-31-18-29-27(17-25(31)6)22-38(34(29)41)30-10-11-32(39)36-33(30)40;1-16-7-9-18(10-8-16)23-21(17-5-3-2-4-6-17)13-11-19-15-20(24)12-14-22(19)23;1-3-4(2)5;1-3-2;2*1-2/h17-18,24,26,28,30H,7-16,19-23H2,1-6H3,(H,36,39,40);2-10,12,14-15,21,23-24H,11,13H2,1H3;3H2,1-2H3;3H2,1-2H3;1-2H3;2H2,1H3. The fourth-order valence-electron chi connectivity index (χ4n) is 12.0. The molecule has 5 atom stereocenters. The van der Waals surface area contributed by atoms with E-state index in [-0.39, 0.29) is 29.9 Å². The molecule has 1 saturated heterocycles. The van der Waals surface area contributed by atoms with Crippen LogP contribution in [0.2, 0.25) is 0 Å². The molecule has 10 heteroatoms. The maximum Gasteiger partial charge on any atom is 0.255 e. The van der Waals surface area contributed by atoms with Gasteiger partial charge in [0.25, 0.3) is 5.91 Å². The fourth-order valence-corrected chi connectivity index (χ4v) is 12.0. The number of aromatic hydroxyl groups is 1. The molecule has 2 heterocycles. The lowest BCUT2D eigenvalue weighted by Crippen LogP contribution is -2.52. The summed E-state index contributed by atoms with van der Waals surface area (Å²) in [4.78, 5) is 51.5. The number of hydrogen-bond acceptors (Lipinski definition) is 8. The molecule has 1 saturated carbocycles.